The average Bonchev–Trinajstić information content (AvgIpc) is 1.69. The van der Waals surface area contributed by atoms with E-state index in [1.54, 1.807) is 12.8 Å². The average molecular weight is 102 g/mol. The van der Waals surface area contributed by atoms with Gasteiger partial charge in [-0.3, -0.25) is 0 Å². The lowest BCUT2D eigenvalue weighted by molar-refractivity contribution is 0.311. The molecule has 0 heterocycles. The lowest BCUT2D eigenvalue weighted by Crippen LogP contribution is -1.87. The Morgan fingerprint density at radius 1 is 1.00 bits per heavy atom. The first-order valence-electron chi connectivity index (χ1n) is 2.27. The SMILES string of the molecule is OC[CH]C[CH]CO. The van der Waals surface area contributed by atoms with Gasteiger partial charge in [0, 0.05) is 13.2 Å². The minimum absolute atomic E-state index is 0.0938. The van der Waals surface area contributed by atoms with Gasteiger partial charge in [0.15, 0.2) is 0 Å². The number of rotatable bonds is 4. The van der Waals surface area contributed by atoms with Gasteiger partial charge in [0.25, 0.3) is 0 Å². The van der Waals surface area contributed by atoms with Crippen LogP contribution in [0.4, 0.5) is 0 Å². The standard InChI is InChI=1S/C5H10O2/c6-4-2-1-3-5-7/h2-3,6-7H,1,4-5H2. The topological polar surface area (TPSA) is 40.5 Å². The zero-order chi connectivity index (χ0) is 5.54. The molecule has 2 radical (unpaired) electrons. The molecule has 0 aromatic heterocycles. The number of hydrogen-bond donors (Lipinski definition) is 2. The van der Waals surface area contributed by atoms with Crippen molar-refractivity contribution in [2.75, 3.05) is 13.2 Å². The highest BCUT2D eigenvalue weighted by Gasteiger charge is 1.82. The number of hydrogen-bond acceptors (Lipinski definition) is 2. The molecule has 2 heteroatoms. The Morgan fingerprint density at radius 2 is 1.43 bits per heavy atom. The molecule has 0 aromatic carbocycles. The van der Waals surface area contributed by atoms with Crippen LogP contribution in [-0.2, 0) is 0 Å². The van der Waals surface area contributed by atoms with Gasteiger partial charge in [-0.15, -0.1) is 0 Å². The molecule has 2 N–H and O–H groups in total. The lowest BCUT2D eigenvalue weighted by atomic mass is 10.2. The third-order valence-corrected chi connectivity index (χ3v) is 0.592. The molecule has 7 heavy (non-hydrogen) atoms. The van der Waals surface area contributed by atoms with Crippen LogP contribution in [-0.4, -0.2) is 23.4 Å². The Kier molecular flexibility index (Phi) is 5.85. The molecule has 0 aromatic rings. The van der Waals surface area contributed by atoms with Gasteiger partial charge in [0.2, 0.25) is 0 Å². The second-order valence-electron chi connectivity index (χ2n) is 1.18. The normalized spacial score (nSPS) is 9.43. The van der Waals surface area contributed by atoms with Crippen LogP contribution in [0.3, 0.4) is 0 Å². The fourth-order valence-electron chi connectivity index (χ4n) is 0.267. The summed E-state index contributed by atoms with van der Waals surface area (Å²) < 4.78 is 0. The number of aliphatic hydroxyl groups is 2. The van der Waals surface area contributed by atoms with Gasteiger partial charge in [-0.25, -0.2) is 0 Å². The molecular formula is C5H10O2. The lowest BCUT2D eigenvalue weighted by Gasteiger charge is -1.89. The Bertz CT molecular complexity index is 25.3. The number of unbranched alkanes of at least 4 members (excludes halogenated alkanes) is 2. The summed E-state index contributed by atoms with van der Waals surface area (Å²) in [6, 6.07) is 0. The summed E-state index contributed by atoms with van der Waals surface area (Å²) in [4.78, 5) is 0. The van der Waals surface area contributed by atoms with E-state index < -0.39 is 0 Å². The molecule has 42 valence electrons. The van der Waals surface area contributed by atoms with Crippen LogP contribution in [0.5, 0.6) is 0 Å². The summed E-state index contributed by atoms with van der Waals surface area (Å²) in [6.45, 7) is 0.188. The van der Waals surface area contributed by atoms with Gasteiger partial charge in [-0.1, -0.05) is 0 Å². The summed E-state index contributed by atoms with van der Waals surface area (Å²) in [5.41, 5.74) is 0. The minimum atomic E-state index is 0.0938. The Hall–Kier alpha value is -0.0800. The van der Waals surface area contributed by atoms with Gasteiger partial charge >= 0.3 is 0 Å². The molecule has 0 saturated heterocycles. The molecule has 0 aliphatic heterocycles. The zero-order valence-electron chi connectivity index (χ0n) is 4.17. The molecule has 0 aliphatic rings. The van der Waals surface area contributed by atoms with Crippen LogP contribution in [0.25, 0.3) is 0 Å². The highest BCUT2D eigenvalue weighted by molar-refractivity contribution is 4.73. The molecule has 0 saturated carbocycles. The Morgan fingerprint density at radius 3 is 1.71 bits per heavy atom. The highest BCUT2D eigenvalue weighted by atomic mass is 16.3. The maximum absolute atomic E-state index is 8.14. The molecule has 2 nitrogen and oxygen atoms in total. The van der Waals surface area contributed by atoms with Gasteiger partial charge in [-0.2, -0.15) is 0 Å². The predicted octanol–water partition coefficient (Wildman–Crippen LogP) is -0.230. The van der Waals surface area contributed by atoms with Crippen molar-refractivity contribution in [3.05, 3.63) is 12.8 Å². The third-order valence-electron chi connectivity index (χ3n) is 0.592. The first kappa shape index (κ1) is 6.92. The van der Waals surface area contributed by atoms with Crippen molar-refractivity contribution in [2.24, 2.45) is 0 Å². The number of aliphatic hydroxyl groups excluding tert-OH is 2. The monoisotopic (exact) mass is 102 g/mol. The van der Waals surface area contributed by atoms with Crippen LogP contribution < -0.4 is 0 Å². The van der Waals surface area contributed by atoms with E-state index in [9.17, 15) is 0 Å². The van der Waals surface area contributed by atoms with Crippen molar-refractivity contribution < 1.29 is 10.2 Å². The van der Waals surface area contributed by atoms with Crippen molar-refractivity contribution in [3.8, 4) is 0 Å². The fraction of sp³-hybridized carbons (Fsp3) is 0.600. The van der Waals surface area contributed by atoms with E-state index in [1.807, 2.05) is 0 Å². The quantitative estimate of drug-likeness (QED) is 0.481. The van der Waals surface area contributed by atoms with Gasteiger partial charge in [-0.05, 0) is 19.3 Å². The largest absolute Gasteiger partial charge is 0.396 e. The molecule has 0 atom stereocenters. The zero-order valence-corrected chi connectivity index (χ0v) is 4.17. The van der Waals surface area contributed by atoms with Crippen molar-refractivity contribution in [2.45, 2.75) is 6.42 Å². The van der Waals surface area contributed by atoms with Crippen LogP contribution >= 0.6 is 0 Å². The van der Waals surface area contributed by atoms with Crippen LogP contribution in [0.1, 0.15) is 6.42 Å². The van der Waals surface area contributed by atoms with Crippen molar-refractivity contribution >= 4 is 0 Å². The van der Waals surface area contributed by atoms with Crippen molar-refractivity contribution in [1.82, 2.24) is 0 Å². The molecule has 0 unspecified atom stereocenters. The van der Waals surface area contributed by atoms with E-state index in [-0.39, 0.29) is 13.2 Å². The van der Waals surface area contributed by atoms with Crippen LogP contribution in [0.2, 0.25) is 0 Å². The second kappa shape index (κ2) is 5.92. The van der Waals surface area contributed by atoms with Gasteiger partial charge < -0.3 is 10.2 Å². The van der Waals surface area contributed by atoms with E-state index in [0.717, 1.165) is 0 Å². The summed E-state index contributed by atoms with van der Waals surface area (Å²) in [5, 5.41) is 16.3. The summed E-state index contributed by atoms with van der Waals surface area (Å²) >= 11 is 0. The van der Waals surface area contributed by atoms with Crippen molar-refractivity contribution in [1.29, 1.82) is 0 Å². The maximum Gasteiger partial charge on any atom is 0.0462 e. The van der Waals surface area contributed by atoms with E-state index in [4.69, 9.17) is 10.2 Å². The first-order valence-corrected chi connectivity index (χ1v) is 2.27. The second-order valence-corrected chi connectivity index (χ2v) is 1.18. The van der Waals surface area contributed by atoms with Gasteiger partial charge in [0.1, 0.15) is 0 Å². The van der Waals surface area contributed by atoms with E-state index >= 15 is 0 Å². The van der Waals surface area contributed by atoms with Crippen LogP contribution in [0, 0.1) is 12.8 Å². The smallest absolute Gasteiger partial charge is 0.0462 e. The van der Waals surface area contributed by atoms with E-state index in [0.29, 0.717) is 6.42 Å². The molecule has 0 amide bonds. The predicted molar refractivity (Wildman–Crippen MR) is 27.4 cm³/mol. The van der Waals surface area contributed by atoms with E-state index in [2.05, 4.69) is 0 Å². The minimum Gasteiger partial charge on any atom is -0.396 e. The molecule has 0 aliphatic carbocycles. The van der Waals surface area contributed by atoms with Crippen LogP contribution in [0.15, 0.2) is 0 Å². The molecule has 0 rings (SSSR count). The first-order chi connectivity index (χ1) is 3.41. The molecule has 0 spiro atoms. The van der Waals surface area contributed by atoms with Gasteiger partial charge in [0.05, 0.1) is 0 Å². The molecule has 0 fully saturated rings. The Balaban J connectivity index is 2.45. The molecular weight excluding hydrogens is 92.1 g/mol. The fourth-order valence-corrected chi connectivity index (χ4v) is 0.267. The summed E-state index contributed by atoms with van der Waals surface area (Å²) in [7, 11) is 0. The third kappa shape index (κ3) is 5.92. The molecule has 0 bridgehead atoms. The highest BCUT2D eigenvalue weighted by Crippen LogP contribution is 1.87. The Labute approximate surface area is 43.8 Å². The van der Waals surface area contributed by atoms with Crippen molar-refractivity contribution in [3.63, 3.8) is 0 Å². The van der Waals surface area contributed by atoms with E-state index in [1.165, 1.54) is 0 Å². The maximum atomic E-state index is 8.14. The summed E-state index contributed by atoms with van der Waals surface area (Å²) in [5.74, 6) is 0. The summed E-state index contributed by atoms with van der Waals surface area (Å²) in [6.07, 6.45) is 4.04.